The number of amides is 2. The van der Waals surface area contributed by atoms with Crippen LogP contribution in [0.2, 0.25) is 0 Å². The number of hydrogen-bond donors (Lipinski definition) is 0. The summed E-state index contributed by atoms with van der Waals surface area (Å²) in [5.41, 5.74) is 4.54. The first-order chi connectivity index (χ1) is 12.5. The molecule has 0 aliphatic carbocycles. The SMILES string of the molecule is Cc1nn(C)c2c1CCN(C(=O)C1CC(=O)N(Cc3ccccc3)C1)C2. The highest BCUT2D eigenvalue weighted by atomic mass is 16.2. The molecule has 136 valence electrons. The Hall–Kier alpha value is -2.63. The number of fused-ring (bicyclic) bond motifs is 1. The van der Waals surface area contributed by atoms with Crippen molar-refractivity contribution in [1.82, 2.24) is 19.6 Å². The van der Waals surface area contributed by atoms with Gasteiger partial charge < -0.3 is 9.80 Å². The van der Waals surface area contributed by atoms with Crippen molar-refractivity contribution in [3.8, 4) is 0 Å². The van der Waals surface area contributed by atoms with E-state index in [2.05, 4.69) is 5.10 Å². The second-order valence-corrected chi connectivity index (χ2v) is 7.30. The Morgan fingerprint density at radius 3 is 2.81 bits per heavy atom. The molecule has 1 saturated heterocycles. The van der Waals surface area contributed by atoms with E-state index in [-0.39, 0.29) is 17.7 Å². The molecule has 0 bridgehead atoms. The summed E-state index contributed by atoms with van der Waals surface area (Å²) in [6.45, 7) is 4.42. The molecule has 26 heavy (non-hydrogen) atoms. The van der Waals surface area contributed by atoms with E-state index in [9.17, 15) is 9.59 Å². The highest BCUT2D eigenvalue weighted by molar-refractivity contribution is 5.89. The van der Waals surface area contributed by atoms with Crippen LogP contribution in [0.3, 0.4) is 0 Å². The van der Waals surface area contributed by atoms with Gasteiger partial charge in [0.2, 0.25) is 11.8 Å². The number of rotatable bonds is 3. The van der Waals surface area contributed by atoms with Crippen LogP contribution in [0.15, 0.2) is 30.3 Å². The van der Waals surface area contributed by atoms with Crippen molar-refractivity contribution in [2.24, 2.45) is 13.0 Å². The summed E-state index contributed by atoms with van der Waals surface area (Å²) < 4.78 is 1.88. The summed E-state index contributed by atoms with van der Waals surface area (Å²) in [7, 11) is 1.93. The van der Waals surface area contributed by atoms with Crippen LogP contribution in [0.25, 0.3) is 0 Å². The third-order valence-electron chi connectivity index (χ3n) is 5.54. The van der Waals surface area contributed by atoms with E-state index in [1.54, 1.807) is 0 Å². The van der Waals surface area contributed by atoms with Crippen molar-refractivity contribution in [1.29, 1.82) is 0 Å². The Morgan fingerprint density at radius 2 is 2.04 bits per heavy atom. The topological polar surface area (TPSA) is 58.4 Å². The summed E-state index contributed by atoms with van der Waals surface area (Å²) in [5.74, 6) is -0.0678. The van der Waals surface area contributed by atoms with Gasteiger partial charge in [-0.2, -0.15) is 5.10 Å². The van der Waals surface area contributed by atoms with Crippen LogP contribution in [0.1, 0.15) is 28.9 Å². The van der Waals surface area contributed by atoms with Gasteiger partial charge in [-0.15, -0.1) is 0 Å². The second kappa shape index (κ2) is 6.59. The zero-order valence-corrected chi connectivity index (χ0v) is 15.3. The van der Waals surface area contributed by atoms with E-state index in [4.69, 9.17) is 0 Å². The van der Waals surface area contributed by atoms with Crippen molar-refractivity contribution >= 4 is 11.8 Å². The maximum atomic E-state index is 13.0. The minimum absolute atomic E-state index is 0.0706. The molecular weight excluding hydrogens is 328 g/mol. The lowest BCUT2D eigenvalue weighted by molar-refractivity contribution is -0.136. The molecule has 1 aromatic heterocycles. The van der Waals surface area contributed by atoms with Gasteiger partial charge in [-0.25, -0.2) is 0 Å². The highest BCUT2D eigenvalue weighted by Crippen LogP contribution is 2.26. The van der Waals surface area contributed by atoms with Gasteiger partial charge in [-0.1, -0.05) is 30.3 Å². The molecule has 1 aromatic carbocycles. The van der Waals surface area contributed by atoms with Crippen LogP contribution in [0.4, 0.5) is 0 Å². The fourth-order valence-corrected chi connectivity index (χ4v) is 4.12. The lowest BCUT2D eigenvalue weighted by Crippen LogP contribution is -2.41. The third kappa shape index (κ3) is 3.00. The molecule has 1 unspecified atom stereocenters. The molecule has 1 fully saturated rings. The summed E-state index contributed by atoms with van der Waals surface area (Å²) in [4.78, 5) is 29.1. The molecule has 4 rings (SSSR count). The molecule has 0 N–H and O–H groups in total. The lowest BCUT2D eigenvalue weighted by Gasteiger charge is -2.29. The van der Waals surface area contributed by atoms with Gasteiger partial charge in [0.05, 0.1) is 23.9 Å². The zero-order valence-electron chi connectivity index (χ0n) is 15.3. The summed E-state index contributed by atoms with van der Waals surface area (Å²) >= 11 is 0. The fraction of sp³-hybridized carbons (Fsp3) is 0.450. The number of aromatic nitrogens is 2. The number of likely N-dealkylation sites (tertiary alicyclic amines) is 1. The molecule has 6 heteroatoms. The first-order valence-corrected chi connectivity index (χ1v) is 9.14. The number of hydrogen-bond acceptors (Lipinski definition) is 3. The van der Waals surface area contributed by atoms with Crippen LogP contribution >= 0.6 is 0 Å². The van der Waals surface area contributed by atoms with Crippen LogP contribution in [0.5, 0.6) is 0 Å². The van der Waals surface area contributed by atoms with Gasteiger partial charge in [0.15, 0.2) is 0 Å². The van der Waals surface area contributed by atoms with Crippen LogP contribution in [-0.2, 0) is 36.1 Å². The summed E-state index contributed by atoms with van der Waals surface area (Å²) in [6, 6.07) is 9.94. The quantitative estimate of drug-likeness (QED) is 0.844. The van der Waals surface area contributed by atoms with Crippen molar-refractivity contribution in [2.45, 2.75) is 32.9 Å². The number of benzene rings is 1. The van der Waals surface area contributed by atoms with Crippen molar-refractivity contribution in [2.75, 3.05) is 13.1 Å². The Balaban J connectivity index is 1.43. The van der Waals surface area contributed by atoms with E-state index >= 15 is 0 Å². The van der Waals surface area contributed by atoms with Crippen LogP contribution in [-0.4, -0.2) is 44.5 Å². The van der Waals surface area contributed by atoms with Gasteiger partial charge in [0.1, 0.15) is 0 Å². The molecule has 2 aromatic rings. The second-order valence-electron chi connectivity index (χ2n) is 7.30. The molecule has 2 aliphatic heterocycles. The normalized spacial score (nSPS) is 19.8. The van der Waals surface area contributed by atoms with E-state index in [1.165, 1.54) is 5.56 Å². The molecule has 1 atom stereocenters. The smallest absolute Gasteiger partial charge is 0.228 e. The van der Waals surface area contributed by atoms with Gasteiger partial charge in [-0.3, -0.25) is 14.3 Å². The first-order valence-electron chi connectivity index (χ1n) is 9.14. The van der Waals surface area contributed by atoms with Crippen molar-refractivity contribution < 1.29 is 9.59 Å². The van der Waals surface area contributed by atoms with Crippen molar-refractivity contribution in [3.05, 3.63) is 52.8 Å². The van der Waals surface area contributed by atoms with Gasteiger partial charge in [0, 0.05) is 33.1 Å². The third-order valence-corrected chi connectivity index (χ3v) is 5.54. The zero-order chi connectivity index (χ0) is 18.3. The van der Waals surface area contributed by atoms with Crippen LogP contribution < -0.4 is 0 Å². The Morgan fingerprint density at radius 1 is 1.27 bits per heavy atom. The maximum absolute atomic E-state index is 13.0. The number of nitrogens with zero attached hydrogens (tertiary/aromatic N) is 4. The highest BCUT2D eigenvalue weighted by Gasteiger charge is 2.37. The number of carbonyl (C=O) groups is 2. The average molecular weight is 352 g/mol. The predicted molar refractivity (Wildman–Crippen MR) is 97.0 cm³/mol. The molecule has 0 spiro atoms. The summed E-state index contributed by atoms with van der Waals surface area (Å²) in [6.07, 6.45) is 1.16. The molecule has 0 saturated carbocycles. The Kier molecular flexibility index (Phi) is 4.26. The van der Waals surface area contributed by atoms with E-state index in [0.717, 1.165) is 23.4 Å². The minimum Gasteiger partial charge on any atom is -0.338 e. The van der Waals surface area contributed by atoms with E-state index < -0.39 is 0 Å². The molecule has 2 amide bonds. The molecule has 2 aliphatic rings. The fourth-order valence-electron chi connectivity index (χ4n) is 4.12. The standard InChI is InChI=1S/C20H24N4O2/c1-14-17-8-9-23(13-18(17)22(2)21-14)20(26)16-10-19(25)24(12-16)11-15-6-4-3-5-7-15/h3-7,16H,8-13H2,1-2H3. The average Bonchev–Trinajstić information content (AvgIpc) is 3.15. The summed E-state index contributed by atoms with van der Waals surface area (Å²) in [5, 5.41) is 4.47. The Bertz CT molecular complexity index is 843. The molecule has 3 heterocycles. The van der Waals surface area contributed by atoms with E-state index in [1.807, 2.05) is 58.8 Å². The number of carbonyl (C=O) groups excluding carboxylic acids is 2. The van der Waals surface area contributed by atoms with Gasteiger partial charge in [-0.05, 0) is 24.5 Å². The largest absolute Gasteiger partial charge is 0.338 e. The Labute approximate surface area is 153 Å². The lowest BCUT2D eigenvalue weighted by atomic mass is 10.0. The van der Waals surface area contributed by atoms with Crippen LogP contribution in [0, 0.1) is 12.8 Å². The minimum atomic E-state index is -0.234. The van der Waals surface area contributed by atoms with E-state index in [0.29, 0.717) is 32.6 Å². The molecular formula is C20H24N4O2. The van der Waals surface area contributed by atoms with Gasteiger partial charge >= 0.3 is 0 Å². The molecule has 6 nitrogen and oxygen atoms in total. The number of aryl methyl sites for hydroxylation is 2. The van der Waals surface area contributed by atoms with Crippen molar-refractivity contribution in [3.63, 3.8) is 0 Å². The first kappa shape index (κ1) is 16.8. The maximum Gasteiger partial charge on any atom is 0.228 e. The molecule has 0 radical (unpaired) electrons. The predicted octanol–water partition coefficient (Wildman–Crippen LogP) is 1.66. The monoisotopic (exact) mass is 352 g/mol. The van der Waals surface area contributed by atoms with Gasteiger partial charge in [0.25, 0.3) is 0 Å².